The Hall–Kier alpha value is -0.300. The van der Waals surface area contributed by atoms with Gasteiger partial charge in [-0.25, -0.2) is 0 Å². The first kappa shape index (κ1) is 12.8. The molecule has 0 spiro atoms. The van der Waals surface area contributed by atoms with Crippen molar-refractivity contribution in [3.63, 3.8) is 0 Å². The molecule has 0 saturated carbocycles. The van der Waals surface area contributed by atoms with E-state index in [-0.39, 0.29) is 0 Å². The van der Waals surface area contributed by atoms with E-state index in [9.17, 15) is 0 Å². The zero-order valence-corrected chi connectivity index (χ0v) is 11.6. The molecule has 0 saturated heterocycles. The van der Waals surface area contributed by atoms with Crippen molar-refractivity contribution in [3.8, 4) is 0 Å². The van der Waals surface area contributed by atoms with E-state index in [4.69, 9.17) is 0 Å². The lowest BCUT2D eigenvalue weighted by Gasteiger charge is -2.11. The van der Waals surface area contributed by atoms with Gasteiger partial charge < -0.3 is 0 Å². The Morgan fingerprint density at radius 2 is 1.80 bits per heavy atom. The maximum atomic E-state index is 2.39. The summed E-state index contributed by atoms with van der Waals surface area (Å²) in [6, 6.07) is 0. The SMILES string of the molecule is CCCCC(C)Cc1c(C)sc(C)c1C. The standard InChI is InChI=1S/C14H24S/c1-6-7-8-10(2)9-14-11(3)12(4)15-13(14)5/h10H,6-9H2,1-5H3. The van der Waals surface area contributed by atoms with Crippen LogP contribution in [-0.2, 0) is 6.42 Å². The Kier molecular flexibility index (Phi) is 4.85. The van der Waals surface area contributed by atoms with Crippen molar-refractivity contribution < 1.29 is 0 Å². The fourth-order valence-corrected chi connectivity index (χ4v) is 3.24. The average molecular weight is 224 g/mol. The molecule has 0 amide bonds. The zero-order valence-electron chi connectivity index (χ0n) is 10.8. The zero-order chi connectivity index (χ0) is 11.4. The van der Waals surface area contributed by atoms with Crippen molar-refractivity contribution in [2.45, 2.75) is 60.3 Å². The Balaban J connectivity index is 2.63. The minimum atomic E-state index is 0.844. The molecule has 1 heterocycles. The maximum Gasteiger partial charge on any atom is 0.00518 e. The molecule has 0 aliphatic heterocycles. The normalized spacial score (nSPS) is 13.1. The second-order valence-corrected chi connectivity index (χ2v) is 6.20. The van der Waals surface area contributed by atoms with Crippen LogP contribution in [-0.4, -0.2) is 0 Å². The van der Waals surface area contributed by atoms with E-state index in [1.165, 1.54) is 35.4 Å². The summed E-state index contributed by atoms with van der Waals surface area (Å²) in [5.41, 5.74) is 3.17. The fourth-order valence-electron chi connectivity index (χ4n) is 2.14. The van der Waals surface area contributed by atoms with Gasteiger partial charge in [-0.1, -0.05) is 33.1 Å². The van der Waals surface area contributed by atoms with Crippen molar-refractivity contribution in [2.24, 2.45) is 5.92 Å². The molecular formula is C14H24S. The van der Waals surface area contributed by atoms with Crippen LogP contribution in [0, 0.1) is 26.7 Å². The van der Waals surface area contributed by atoms with Crippen molar-refractivity contribution in [2.75, 3.05) is 0 Å². The lowest BCUT2D eigenvalue weighted by molar-refractivity contribution is 0.502. The number of thiophene rings is 1. The maximum absolute atomic E-state index is 2.39. The predicted molar refractivity (Wildman–Crippen MR) is 70.9 cm³/mol. The lowest BCUT2D eigenvalue weighted by Crippen LogP contribution is -2.01. The van der Waals surface area contributed by atoms with E-state index < -0.39 is 0 Å². The van der Waals surface area contributed by atoms with Crippen molar-refractivity contribution in [1.82, 2.24) is 0 Å². The molecule has 0 radical (unpaired) electrons. The third-order valence-corrected chi connectivity index (χ3v) is 4.48. The van der Waals surface area contributed by atoms with Gasteiger partial charge in [-0.2, -0.15) is 0 Å². The van der Waals surface area contributed by atoms with E-state index in [2.05, 4.69) is 34.6 Å². The van der Waals surface area contributed by atoms with Gasteiger partial charge >= 0.3 is 0 Å². The Morgan fingerprint density at radius 1 is 1.13 bits per heavy atom. The summed E-state index contributed by atoms with van der Waals surface area (Å²) in [5.74, 6) is 0.844. The molecule has 1 heteroatoms. The molecule has 0 bridgehead atoms. The highest BCUT2D eigenvalue weighted by Crippen LogP contribution is 2.29. The Labute approximate surface area is 98.7 Å². The first-order chi connectivity index (χ1) is 7.06. The van der Waals surface area contributed by atoms with Gasteiger partial charge in [0.05, 0.1) is 0 Å². The molecule has 15 heavy (non-hydrogen) atoms. The molecule has 0 N–H and O–H groups in total. The molecule has 86 valence electrons. The second-order valence-electron chi connectivity index (χ2n) is 4.77. The summed E-state index contributed by atoms with van der Waals surface area (Å²) in [5, 5.41) is 0. The average Bonchev–Trinajstić information content (AvgIpc) is 2.42. The highest BCUT2D eigenvalue weighted by molar-refractivity contribution is 7.12. The van der Waals surface area contributed by atoms with E-state index in [0.29, 0.717) is 0 Å². The summed E-state index contributed by atoms with van der Waals surface area (Å²) in [4.78, 5) is 3.04. The van der Waals surface area contributed by atoms with Crippen LogP contribution in [0.4, 0.5) is 0 Å². The second kappa shape index (κ2) is 5.69. The first-order valence-corrected chi connectivity index (χ1v) is 6.93. The fraction of sp³-hybridized carbons (Fsp3) is 0.714. The van der Waals surface area contributed by atoms with Gasteiger partial charge in [-0.05, 0) is 44.2 Å². The molecule has 1 aromatic heterocycles. The molecule has 0 aliphatic rings. The number of unbranched alkanes of at least 4 members (excludes halogenated alkanes) is 1. The Bertz CT molecular complexity index is 309. The van der Waals surface area contributed by atoms with Crippen LogP contribution in [0.1, 0.15) is 54.0 Å². The lowest BCUT2D eigenvalue weighted by atomic mass is 9.94. The molecule has 0 aromatic carbocycles. The molecule has 0 aliphatic carbocycles. The van der Waals surface area contributed by atoms with Crippen LogP contribution < -0.4 is 0 Å². The van der Waals surface area contributed by atoms with Crippen LogP contribution in [0.3, 0.4) is 0 Å². The number of aryl methyl sites for hydroxylation is 2. The Morgan fingerprint density at radius 3 is 2.27 bits per heavy atom. The topological polar surface area (TPSA) is 0 Å². The van der Waals surface area contributed by atoms with Crippen LogP contribution >= 0.6 is 11.3 Å². The monoisotopic (exact) mass is 224 g/mol. The van der Waals surface area contributed by atoms with E-state index in [1.54, 1.807) is 11.1 Å². The summed E-state index contributed by atoms with van der Waals surface area (Å²) in [7, 11) is 0. The van der Waals surface area contributed by atoms with E-state index in [0.717, 1.165) is 5.92 Å². The van der Waals surface area contributed by atoms with Gasteiger partial charge in [-0.15, -0.1) is 11.3 Å². The predicted octanol–water partition coefficient (Wildman–Crippen LogP) is 5.04. The smallest absolute Gasteiger partial charge is 0.00518 e. The number of hydrogen-bond acceptors (Lipinski definition) is 1. The van der Waals surface area contributed by atoms with Gasteiger partial charge in [0.25, 0.3) is 0 Å². The largest absolute Gasteiger partial charge is 0.145 e. The number of hydrogen-bond donors (Lipinski definition) is 0. The van der Waals surface area contributed by atoms with Crippen LogP contribution in [0.25, 0.3) is 0 Å². The van der Waals surface area contributed by atoms with Crippen LogP contribution in [0.2, 0.25) is 0 Å². The minimum Gasteiger partial charge on any atom is -0.145 e. The van der Waals surface area contributed by atoms with Crippen molar-refractivity contribution >= 4 is 11.3 Å². The molecule has 0 fully saturated rings. The molecule has 1 atom stereocenters. The van der Waals surface area contributed by atoms with E-state index in [1.807, 2.05) is 11.3 Å². The van der Waals surface area contributed by atoms with Crippen LogP contribution in [0.5, 0.6) is 0 Å². The number of rotatable bonds is 5. The van der Waals surface area contributed by atoms with Gasteiger partial charge in [0.2, 0.25) is 0 Å². The third kappa shape index (κ3) is 3.34. The van der Waals surface area contributed by atoms with Crippen LogP contribution in [0.15, 0.2) is 0 Å². The first-order valence-electron chi connectivity index (χ1n) is 6.11. The van der Waals surface area contributed by atoms with E-state index >= 15 is 0 Å². The molecule has 1 rings (SSSR count). The van der Waals surface area contributed by atoms with Gasteiger partial charge in [0, 0.05) is 9.75 Å². The summed E-state index contributed by atoms with van der Waals surface area (Å²) in [6.45, 7) is 11.5. The molecule has 0 nitrogen and oxygen atoms in total. The van der Waals surface area contributed by atoms with Gasteiger partial charge in [0.1, 0.15) is 0 Å². The van der Waals surface area contributed by atoms with Crippen molar-refractivity contribution in [3.05, 3.63) is 20.9 Å². The third-order valence-electron chi connectivity index (χ3n) is 3.31. The highest BCUT2D eigenvalue weighted by Gasteiger charge is 2.12. The summed E-state index contributed by atoms with van der Waals surface area (Å²) >= 11 is 1.96. The molecule has 1 aromatic rings. The highest BCUT2D eigenvalue weighted by atomic mass is 32.1. The van der Waals surface area contributed by atoms with Gasteiger partial charge in [0.15, 0.2) is 0 Å². The summed E-state index contributed by atoms with van der Waals surface area (Å²) in [6.07, 6.45) is 5.36. The molecule has 1 unspecified atom stereocenters. The summed E-state index contributed by atoms with van der Waals surface area (Å²) < 4.78 is 0. The van der Waals surface area contributed by atoms with Gasteiger partial charge in [-0.3, -0.25) is 0 Å². The minimum absolute atomic E-state index is 0.844. The molecular weight excluding hydrogens is 200 g/mol. The quantitative estimate of drug-likeness (QED) is 0.657. The van der Waals surface area contributed by atoms with Crippen molar-refractivity contribution in [1.29, 1.82) is 0 Å².